The molecule has 0 aliphatic carbocycles. The minimum absolute atomic E-state index is 0.00409. The summed E-state index contributed by atoms with van der Waals surface area (Å²) < 4.78 is 0. The van der Waals surface area contributed by atoms with Gasteiger partial charge in [0.2, 0.25) is 0 Å². The Morgan fingerprint density at radius 3 is 2.68 bits per heavy atom. The Balaban J connectivity index is 2.81. The van der Waals surface area contributed by atoms with Crippen LogP contribution in [-0.2, 0) is 4.79 Å². The summed E-state index contributed by atoms with van der Waals surface area (Å²) in [4.78, 5) is 22.9. The molecule has 0 saturated carbocycles. The molecule has 0 fully saturated rings. The number of carboxylic acid groups (broad SMARTS) is 1. The van der Waals surface area contributed by atoms with Crippen LogP contribution < -0.4 is 5.32 Å². The third-order valence-corrected chi connectivity index (χ3v) is 2.88. The molecule has 6 nitrogen and oxygen atoms in total. The maximum Gasteiger partial charge on any atom is 0.326 e. The van der Waals surface area contributed by atoms with Gasteiger partial charge in [0, 0.05) is 0 Å². The number of carbonyl (C=O) groups is 2. The minimum atomic E-state index is -1.09. The average Bonchev–Trinajstić information content (AvgIpc) is 2.36. The second-order valence-electron chi connectivity index (χ2n) is 3.88. The second-order valence-corrected chi connectivity index (χ2v) is 4.62. The number of aliphatic carboxylic acids is 1. The summed E-state index contributed by atoms with van der Waals surface area (Å²) in [5.74, 6) is -1.73. The smallest absolute Gasteiger partial charge is 0.326 e. The highest BCUT2D eigenvalue weighted by molar-refractivity contribution is 6.34. The number of unbranched alkanes of at least 4 members (excludes halogenated alkanes) is 1. The van der Waals surface area contributed by atoms with E-state index < -0.39 is 17.9 Å². The number of hydrogen-bond donors (Lipinski definition) is 2. The highest BCUT2D eigenvalue weighted by Crippen LogP contribution is 2.15. The van der Waals surface area contributed by atoms with Crippen molar-refractivity contribution in [2.75, 3.05) is 0 Å². The maximum absolute atomic E-state index is 11.9. The van der Waals surface area contributed by atoms with Crippen LogP contribution in [0.3, 0.4) is 0 Å². The number of carboxylic acids is 1. The second kappa shape index (κ2) is 7.25. The summed E-state index contributed by atoms with van der Waals surface area (Å²) in [6.07, 6.45) is 1.88. The van der Waals surface area contributed by atoms with Crippen LogP contribution in [0.25, 0.3) is 0 Å². The molecule has 1 aromatic rings. The summed E-state index contributed by atoms with van der Waals surface area (Å²) in [5.41, 5.74) is 0.00409. The van der Waals surface area contributed by atoms with Crippen molar-refractivity contribution in [3.63, 3.8) is 0 Å². The molecule has 2 N–H and O–H groups in total. The van der Waals surface area contributed by atoms with E-state index in [1.165, 1.54) is 6.07 Å². The minimum Gasteiger partial charge on any atom is -0.480 e. The molecule has 0 saturated heterocycles. The van der Waals surface area contributed by atoms with Gasteiger partial charge < -0.3 is 10.4 Å². The van der Waals surface area contributed by atoms with Crippen LogP contribution >= 0.6 is 23.2 Å². The lowest BCUT2D eigenvalue weighted by Gasteiger charge is -2.14. The van der Waals surface area contributed by atoms with Gasteiger partial charge in [0.15, 0.2) is 10.3 Å². The summed E-state index contributed by atoms with van der Waals surface area (Å²) >= 11 is 11.3. The van der Waals surface area contributed by atoms with Crippen molar-refractivity contribution in [1.29, 1.82) is 0 Å². The lowest BCUT2D eigenvalue weighted by Crippen LogP contribution is -2.40. The summed E-state index contributed by atoms with van der Waals surface area (Å²) in [5, 5.41) is 18.3. The highest BCUT2D eigenvalue weighted by atomic mass is 35.5. The van der Waals surface area contributed by atoms with Gasteiger partial charge in [-0.2, -0.15) is 0 Å². The van der Waals surface area contributed by atoms with Crippen LogP contribution in [0.4, 0.5) is 0 Å². The first-order valence-electron chi connectivity index (χ1n) is 5.68. The number of hydrogen-bond acceptors (Lipinski definition) is 4. The van der Waals surface area contributed by atoms with E-state index in [1.807, 2.05) is 6.92 Å². The van der Waals surface area contributed by atoms with E-state index in [1.54, 1.807) is 0 Å². The van der Waals surface area contributed by atoms with Gasteiger partial charge >= 0.3 is 5.97 Å². The molecule has 19 heavy (non-hydrogen) atoms. The van der Waals surface area contributed by atoms with E-state index in [0.717, 1.165) is 6.42 Å². The quantitative estimate of drug-likeness (QED) is 0.840. The van der Waals surface area contributed by atoms with Gasteiger partial charge in [-0.1, -0.05) is 43.0 Å². The number of carbonyl (C=O) groups excluding carboxylic acids is 1. The van der Waals surface area contributed by atoms with Crippen LogP contribution in [0.2, 0.25) is 10.3 Å². The van der Waals surface area contributed by atoms with Gasteiger partial charge in [-0.05, 0) is 12.5 Å². The van der Waals surface area contributed by atoms with Gasteiger partial charge in [0.25, 0.3) is 5.91 Å². The zero-order valence-electron chi connectivity index (χ0n) is 10.2. The highest BCUT2D eigenvalue weighted by Gasteiger charge is 2.22. The Morgan fingerprint density at radius 2 is 2.11 bits per heavy atom. The molecule has 8 heteroatoms. The summed E-state index contributed by atoms with van der Waals surface area (Å²) in [6.45, 7) is 1.93. The van der Waals surface area contributed by atoms with Gasteiger partial charge in [-0.3, -0.25) is 4.79 Å². The molecule has 0 aromatic carbocycles. The largest absolute Gasteiger partial charge is 0.480 e. The van der Waals surface area contributed by atoms with E-state index in [-0.39, 0.29) is 15.9 Å². The molecule has 0 aliphatic heterocycles. The fourth-order valence-electron chi connectivity index (χ4n) is 1.41. The number of halogens is 2. The molecule has 0 aliphatic rings. The van der Waals surface area contributed by atoms with Gasteiger partial charge in [0.1, 0.15) is 6.04 Å². The van der Waals surface area contributed by atoms with Gasteiger partial charge in [0.05, 0.1) is 5.56 Å². The zero-order chi connectivity index (χ0) is 14.4. The molecule has 1 atom stereocenters. The molecule has 1 amide bonds. The molecule has 0 spiro atoms. The van der Waals surface area contributed by atoms with Crippen LogP contribution in [0.15, 0.2) is 6.07 Å². The van der Waals surface area contributed by atoms with Crippen molar-refractivity contribution in [1.82, 2.24) is 15.5 Å². The molecule has 1 aromatic heterocycles. The average molecular weight is 306 g/mol. The SMILES string of the molecule is CCCCC(NC(=O)c1cc(Cl)nnc1Cl)C(=O)O. The number of rotatable bonds is 6. The van der Waals surface area contributed by atoms with Crippen LogP contribution in [0, 0.1) is 0 Å². The molecular formula is C11H13Cl2N3O3. The number of nitrogens with one attached hydrogen (secondary N) is 1. The van der Waals surface area contributed by atoms with Crippen molar-refractivity contribution in [2.24, 2.45) is 0 Å². The molecule has 0 radical (unpaired) electrons. The lowest BCUT2D eigenvalue weighted by molar-refractivity contribution is -0.139. The molecule has 104 valence electrons. The van der Waals surface area contributed by atoms with E-state index in [4.69, 9.17) is 28.3 Å². The first-order chi connectivity index (χ1) is 8.95. The molecular weight excluding hydrogens is 293 g/mol. The van der Waals surface area contributed by atoms with Crippen LogP contribution in [-0.4, -0.2) is 33.2 Å². The third-order valence-electron chi connectivity index (χ3n) is 2.41. The standard InChI is InChI=1S/C11H13Cl2N3O3/c1-2-3-4-7(11(18)19)14-10(17)6-5-8(12)15-16-9(6)13/h5,7H,2-4H2,1H3,(H,14,17)(H,18,19). The first-order valence-corrected chi connectivity index (χ1v) is 6.43. The lowest BCUT2D eigenvalue weighted by atomic mass is 10.1. The van der Waals surface area contributed by atoms with Gasteiger partial charge in [-0.25, -0.2) is 4.79 Å². The Kier molecular flexibility index (Phi) is 5.98. The number of nitrogens with zero attached hydrogens (tertiary/aromatic N) is 2. The fourth-order valence-corrected chi connectivity index (χ4v) is 1.74. The topological polar surface area (TPSA) is 92.2 Å². The van der Waals surface area contributed by atoms with Gasteiger partial charge in [-0.15, -0.1) is 10.2 Å². The summed E-state index contributed by atoms with van der Waals surface area (Å²) in [7, 11) is 0. The fraction of sp³-hybridized carbons (Fsp3) is 0.455. The Bertz CT molecular complexity index is 482. The predicted molar refractivity (Wildman–Crippen MR) is 70.5 cm³/mol. The van der Waals surface area contributed by atoms with Crippen molar-refractivity contribution in [3.8, 4) is 0 Å². The molecule has 1 heterocycles. The molecule has 1 unspecified atom stereocenters. The number of amides is 1. The number of aromatic nitrogens is 2. The van der Waals surface area contributed by atoms with Crippen LogP contribution in [0.1, 0.15) is 36.5 Å². The predicted octanol–water partition coefficient (Wildman–Crippen LogP) is 2.16. The normalized spacial score (nSPS) is 11.9. The van der Waals surface area contributed by atoms with E-state index in [0.29, 0.717) is 12.8 Å². The molecule has 1 rings (SSSR count). The van der Waals surface area contributed by atoms with E-state index in [2.05, 4.69) is 15.5 Å². The van der Waals surface area contributed by atoms with Crippen molar-refractivity contribution < 1.29 is 14.7 Å². The third kappa shape index (κ3) is 4.65. The zero-order valence-corrected chi connectivity index (χ0v) is 11.7. The Hall–Kier alpha value is -1.40. The van der Waals surface area contributed by atoms with Crippen LogP contribution in [0.5, 0.6) is 0 Å². The Labute approximate surface area is 120 Å². The maximum atomic E-state index is 11.9. The summed E-state index contributed by atoms with van der Waals surface area (Å²) in [6, 6.07) is 0.278. The first kappa shape index (κ1) is 15.7. The van der Waals surface area contributed by atoms with E-state index in [9.17, 15) is 9.59 Å². The van der Waals surface area contributed by atoms with Crippen molar-refractivity contribution in [3.05, 3.63) is 21.9 Å². The van der Waals surface area contributed by atoms with E-state index >= 15 is 0 Å². The van der Waals surface area contributed by atoms with Crippen molar-refractivity contribution in [2.45, 2.75) is 32.2 Å². The monoisotopic (exact) mass is 305 g/mol. The molecule has 0 bridgehead atoms. The Morgan fingerprint density at radius 1 is 1.42 bits per heavy atom. The van der Waals surface area contributed by atoms with Crippen molar-refractivity contribution >= 4 is 35.1 Å².